The average molecular weight is 495 g/mol. The Hall–Kier alpha value is -3.69. The summed E-state index contributed by atoms with van der Waals surface area (Å²) in [7, 11) is 0. The first kappa shape index (κ1) is 22.1. The molecule has 0 saturated carbocycles. The molecular formula is C24H19ClN4O4S. The minimum Gasteiger partial charge on any atom is -0.474 e. The van der Waals surface area contributed by atoms with Crippen LogP contribution in [-0.2, 0) is 16.1 Å². The Balaban J connectivity index is 1.39. The van der Waals surface area contributed by atoms with Crippen molar-refractivity contribution in [2.24, 2.45) is 0 Å². The molecule has 4 aromatic rings. The number of carbonyl (C=O) groups excluding carboxylic acids is 2. The molecule has 0 bridgehead atoms. The van der Waals surface area contributed by atoms with Gasteiger partial charge in [-0.1, -0.05) is 47.7 Å². The number of pyridine rings is 1. The van der Waals surface area contributed by atoms with Gasteiger partial charge in [-0.2, -0.15) is 0 Å². The number of fused-ring (bicyclic) bond motifs is 2. The van der Waals surface area contributed by atoms with E-state index in [-0.39, 0.29) is 18.4 Å². The van der Waals surface area contributed by atoms with Crippen LogP contribution in [0.3, 0.4) is 0 Å². The molecule has 10 heteroatoms. The number of aromatic nitrogens is 2. The van der Waals surface area contributed by atoms with E-state index in [1.54, 1.807) is 11.1 Å². The smallest absolute Gasteiger partial charge is 0.414 e. The van der Waals surface area contributed by atoms with Crippen molar-refractivity contribution >= 4 is 56.0 Å². The molecule has 172 valence electrons. The molecule has 2 aromatic carbocycles. The van der Waals surface area contributed by atoms with Crippen molar-refractivity contribution in [3.8, 4) is 17.0 Å². The van der Waals surface area contributed by atoms with E-state index >= 15 is 0 Å². The van der Waals surface area contributed by atoms with Gasteiger partial charge in [-0.3, -0.25) is 9.69 Å². The van der Waals surface area contributed by atoms with E-state index in [0.717, 1.165) is 26.9 Å². The molecule has 2 amide bonds. The number of hydrogen-bond acceptors (Lipinski definition) is 7. The number of alkyl halides is 1. The second-order valence-corrected chi connectivity index (χ2v) is 8.77. The third-order valence-electron chi connectivity index (χ3n) is 5.19. The molecule has 0 spiro atoms. The van der Waals surface area contributed by atoms with Crippen molar-refractivity contribution in [2.75, 3.05) is 29.2 Å². The Kier molecular flexibility index (Phi) is 6.29. The van der Waals surface area contributed by atoms with E-state index in [2.05, 4.69) is 15.3 Å². The van der Waals surface area contributed by atoms with E-state index in [4.69, 9.17) is 21.1 Å². The van der Waals surface area contributed by atoms with Crippen LogP contribution in [0, 0.1) is 0 Å². The van der Waals surface area contributed by atoms with Gasteiger partial charge in [0.05, 0.1) is 16.8 Å². The molecule has 0 saturated heterocycles. The Bertz CT molecular complexity index is 1360. The van der Waals surface area contributed by atoms with Crippen molar-refractivity contribution in [3.05, 3.63) is 66.4 Å². The van der Waals surface area contributed by atoms with Gasteiger partial charge in [0, 0.05) is 11.8 Å². The van der Waals surface area contributed by atoms with E-state index in [1.165, 1.54) is 11.3 Å². The molecule has 0 unspecified atom stereocenters. The fraction of sp³-hybridized carbons (Fsp3) is 0.167. The van der Waals surface area contributed by atoms with E-state index in [0.29, 0.717) is 29.9 Å². The molecular weight excluding hydrogens is 476 g/mol. The molecule has 0 atom stereocenters. The summed E-state index contributed by atoms with van der Waals surface area (Å²) in [4.78, 5) is 34.8. The zero-order valence-electron chi connectivity index (χ0n) is 17.9. The molecule has 0 aliphatic carbocycles. The number of ether oxygens (including phenoxy) is 2. The molecule has 0 radical (unpaired) electrons. The summed E-state index contributed by atoms with van der Waals surface area (Å²) in [6.45, 7) is 0.886. The maximum absolute atomic E-state index is 12.8. The highest BCUT2D eigenvalue weighted by molar-refractivity contribution is 7.22. The van der Waals surface area contributed by atoms with Gasteiger partial charge in [-0.25, -0.2) is 14.8 Å². The monoisotopic (exact) mass is 494 g/mol. The highest BCUT2D eigenvalue weighted by Crippen LogP contribution is 2.36. The number of anilines is 2. The zero-order valence-corrected chi connectivity index (χ0v) is 19.4. The summed E-state index contributed by atoms with van der Waals surface area (Å²) in [5, 5.41) is 3.16. The zero-order chi connectivity index (χ0) is 23.5. The third kappa shape index (κ3) is 4.66. The summed E-state index contributed by atoms with van der Waals surface area (Å²) >= 11 is 6.92. The van der Waals surface area contributed by atoms with Gasteiger partial charge in [0.15, 0.2) is 5.13 Å². The van der Waals surface area contributed by atoms with E-state index < -0.39 is 6.09 Å². The Morgan fingerprint density at radius 2 is 2.00 bits per heavy atom. The van der Waals surface area contributed by atoms with Crippen LogP contribution in [0.15, 0.2) is 60.8 Å². The topological polar surface area (TPSA) is 93.7 Å². The van der Waals surface area contributed by atoms with Gasteiger partial charge >= 0.3 is 6.09 Å². The maximum atomic E-state index is 12.8. The molecule has 1 aliphatic heterocycles. The maximum Gasteiger partial charge on any atom is 0.414 e. The second kappa shape index (κ2) is 9.66. The molecule has 2 aromatic heterocycles. The minimum absolute atomic E-state index is 0.131. The van der Waals surface area contributed by atoms with Crippen LogP contribution in [0.1, 0.15) is 5.56 Å². The SMILES string of the molecule is O=C(CCl)Nc1nc2ccc(-c3cnc4c(c3)N(C(=O)OCc3ccccc3)CCO4)cc2s1. The predicted molar refractivity (Wildman–Crippen MR) is 132 cm³/mol. The molecule has 0 fully saturated rings. The number of hydrogen-bond donors (Lipinski definition) is 1. The first-order valence-corrected chi connectivity index (χ1v) is 11.8. The molecule has 8 nitrogen and oxygen atoms in total. The van der Waals surface area contributed by atoms with Crippen LogP contribution < -0.4 is 15.0 Å². The minimum atomic E-state index is -0.454. The number of nitrogens with zero attached hydrogens (tertiary/aromatic N) is 3. The van der Waals surface area contributed by atoms with E-state index in [1.807, 2.05) is 54.6 Å². The standard InChI is InChI=1S/C24H19ClN4O4S/c25-12-21(30)28-23-27-18-7-6-16(11-20(18)34-23)17-10-19-22(26-13-17)32-9-8-29(19)24(31)33-14-15-4-2-1-3-5-15/h1-7,10-11,13H,8-9,12,14H2,(H,27,28,30). The number of carbonyl (C=O) groups is 2. The van der Waals surface area contributed by atoms with Crippen LogP contribution in [0.25, 0.3) is 21.3 Å². The number of amides is 2. The number of halogens is 1. The number of nitrogens with one attached hydrogen (secondary N) is 1. The van der Waals surface area contributed by atoms with Gasteiger partial charge in [0.25, 0.3) is 0 Å². The van der Waals surface area contributed by atoms with Gasteiger partial charge < -0.3 is 14.8 Å². The molecule has 5 rings (SSSR count). The lowest BCUT2D eigenvalue weighted by atomic mass is 10.1. The summed E-state index contributed by atoms with van der Waals surface area (Å²) in [6, 6.07) is 17.1. The largest absolute Gasteiger partial charge is 0.474 e. The van der Waals surface area contributed by atoms with E-state index in [9.17, 15) is 9.59 Å². The number of thiazole rings is 1. The van der Waals surface area contributed by atoms with Crippen LogP contribution in [0.5, 0.6) is 5.88 Å². The van der Waals surface area contributed by atoms with Crippen LogP contribution >= 0.6 is 22.9 Å². The van der Waals surface area contributed by atoms with Crippen molar-refractivity contribution < 1.29 is 19.1 Å². The summed E-state index contributed by atoms with van der Waals surface area (Å²) in [5.74, 6) is -0.0513. The normalized spacial score (nSPS) is 12.7. The lowest BCUT2D eigenvalue weighted by Crippen LogP contribution is -2.38. The van der Waals surface area contributed by atoms with Crippen LogP contribution in [-0.4, -0.2) is 41.0 Å². The van der Waals surface area contributed by atoms with Gasteiger partial charge in [0.2, 0.25) is 11.8 Å². The number of rotatable bonds is 5. The summed E-state index contributed by atoms with van der Waals surface area (Å²) < 4.78 is 12.1. The first-order chi connectivity index (χ1) is 16.6. The Labute approximate surface area is 204 Å². The fourth-order valence-corrected chi connectivity index (χ4v) is 4.54. The summed E-state index contributed by atoms with van der Waals surface area (Å²) in [5.41, 5.74) is 3.94. The Morgan fingerprint density at radius 3 is 2.82 bits per heavy atom. The molecule has 3 heterocycles. The summed E-state index contributed by atoms with van der Waals surface area (Å²) in [6.07, 6.45) is 1.25. The molecule has 34 heavy (non-hydrogen) atoms. The predicted octanol–water partition coefficient (Wildman–Crippen LogP) is 5.07. The fourth-order valence-electron chi connectivity index (χ4n) is 3.55. The van der Waals surface area contributed by atoms with Crippen LogP contribution in [0.2, 0.25) is 0 Å². The van der Waals surface area contributed by atoms with Gasteiger partial charge in [-0.05, 0) is 29.3 Å². The lowest BCUT2D eigenvalue weighted by Gasteiger charge is -2.28. The van der Waals surface area contributed by atoms with Crippen molar-refractivity contribution in [1.29, 1.82) is 0 Å². The highest BCUT2D eigenvalue weighted by atomic mass is 35.5. The van der Waals surface area contributed by atoms with Crippen LogP contribution in [0.4, 0.5) is 15.6 Å². The van der Waals surface area contributed by atoms with Gasteiger partial charge in [0.1, 0.15) is 24.8 Å². The lowest BCUT2D eigenvalue weighted by molar-refractivity contribution is -0.113. The van der Waals surface area contributed by atoms with Crippen molar-refractivity contribution in [1.82, 2.24) is 9.97 Å². The van der Waals surface area contributed by atoms with Crippen molar-refractivity contribution in [3.63, 3.8) is 0 Å². The van der Waals surface area contributed by atoms with Crippen molar-refractivity contribution in [2.45, 2.75) is 6.61 Å². The third-order valence-corrected chi connectivity index (χ3v) is 6.37. The first-order valence-electron chi connectivity index (χ1n) is 10.5. The molecule has 1 N–H and O–H groups in total. The quantitative estimate of drug-likeness (QED) is 0.389. The van der Waals surface area contributed by atoms with Gasteiger partial charge in [-0.15, -0.1) is 11.6 Å². The Morgan fingerprint density at radius 1 is 1.15 bits per heavy atom. The second-order valence-electron chi connectivity index (χ2n) is 7.47. The highest BCUT2D eigenvalue weighted by Gasteiger charge is 2.26. The average Bonchev–Trinajstić information content (AvgIpc) is 3.28. The molecule has 1 aliphatic rings. The number of benzene rings is 2.